The number of anilines is 3. The zero-order chi connectivity index (χ0) is 17.9. The van der Waals surface area contributed by atoms with Gasteiger partial charge in [0.2, 0.25) is 5.91 Å². The minimum absolute atomic E-state index is 0.121. The molecule has 6 nitrogen and oxygen atoms in total. The van der Waals surface area contributed by atoms with Gasteiger partial charge in [-0.15, -0.1) is 0 Å². The van der Waals surface area contributed by atoms with E-state index in [4.69, 9.17) is 17.3 Å². The van der Waals surface area contributed by atoms with Crippen LogP contribution in [0.2, 0.25) is 5.02 Å². The van der Waals surface area contributed by atoms with Gasteiger partial charge in [-0.25, -0.2) is 9.29 Å². The van der Waals surface area contributed by atoms with E-state index in [1.54, 1.807) is 12.1 Å². The van der Waals surface area contributed by atoms with Crippen molar-refractivity contribution in [1.29, 1.82) is 0 Å². The Morgan fingerprint density at radius 2 is 1.88 bits per heavy atom. The van der Waals surface area contributed by atoms with E-state index in [1.165, 1.54) is 18.2 Å². The highest BCUT2D eigenvalue weighted by Crippen LogP contribution is 2.21. The van der Waals surface area contributed by atoms with Crippen LogP contribution < -0.4 is 16.0 Å². The van der Waals surface area contributed by atoms with Crippen molar-refractivity contribution in [2.24, 2.45) is 0 Å². The number of carbonyl (C=O) groups is 3. The molecular weight excluding hydrogens is 337 g/mol. The van der Waals surface area contributed by atoms with Gasteiger partial charge in [-0.3, -0.25) is 14.4 Å². The molecule has 0 atom stereocenters. The number of rotatable bonds is 2. The molecule has 0 saturated carbocycles. The lowest BCUT2D eigenvalue weighted by Gasteiger charge is -2.19. The summed E-state index contributed by atoms with van der Waals surface area (Å²) >= 11 is 5.61. The highest BCUT2D eigenvalue weighted by molar-refractivity contribution is 6.48. The van der Waals surface area contributed by atoms with Crippen LogP contribution in [-0.2, 0) is 14.4 Å². The number of nitrogens with two attached hydrogens (primary N) is 1. The van der Waals surface area contributed by atoms with Gasteiger partial charge in [0.05, 0.1) is 10.7 Å². The number of halogens is 2. The number of hydrogen-bond acceptors (Lipinski definition) is 4. The highest BCUT2D eigenvalue weighted by atomic mass is 35.5. The van der Waals surface area contributed by atoms with Crippen molar-refractivity contribution < 1.29 is 18.8 Å². The second kappa shape index (κ2) is 7.10. The molecule has 0 saturated heterocycles. The Balaban J connectivity index is 2.24. The molecule has 2 rings (SSSR count). The van der Waals surface area contributed by atoms with E-state index in [-0.39, 0.29) is 16.4 Å². The Bertz CT molecular complexity index is 826. The van der Waals surface area contributed by atoms with Crippen LogP contribution in [0, 0.1) is 5.82 Å². The van der Waals surface area contributed by atoms with E-state index in [0.29, 0.717) is 10.6 Å². The molecule has 0 aliphatic carbocycles. The van der Waals surface area contributed by atoms with E-state index in [0.717, 1.165) is 19.1 Å². The second-order valence-electron chi connectivity index (χ2n) is 4.84. The molecule has 2 aromatic rings. The standard InChI is InChI=1S/C16H13ClFN3O3/c1-9(22)21(12-4-2-3-10(19)7-12)16(24)15(23)20-11-5-6-14(18)13(17)8-11/h2-8H,19H2,1H3,(H,20,23). The van der Waals surface area contributed by atoms with E-state index in [9.17, 15) is 18.8 Å². The van der Waals surface area contributed by atoms with Crippen molar-refractivity contribution in [3.05, 3.63) is 53.3 Å². The molecule has 2 aromatic carbocycles. The monoisotopic (exact) mass is 349 g/mol. The molecule has 0 aliphatic heterocycles. The predicted molar refractivity (Wildman–Crippen MR) is 89.1 cm³/mol. The van der Waals surface area contributed by atoms with E-state index in [1.807, 2.05) is 0 Å². The first-order chi connectivity index (χ1) is 11.3. The van der Waals surface area contributed by atoms with Crippen molar-refractivity contribution in [3.8, 4) is 0 Å². The van der Waals surface area contributed by atoms with Crippen LogP contribution in [0.1, 0.15) is 6.92 Å². The smallest absolute Gasteiger partial charge is 0.323 e. The van der Waals surface area contributed by atoms with E-state index in [2.05, 4.69) is 5.32 Å². The number of nitrogens with one attached hydrogen (secondary N) is 1. The van der Waals surface area contributed by atoms with Crippen LogP contribution in [-0.4, -0.2) is 17.7 Å². The molecule has 124 valence electrons. The quantitative estimate of drug-likeness (QED) is 0.643. The Labute approximate surface area is 142 Å². The van der Waals surface area contributed by atoms with Crippen LogP contribution in [0.25, 0.3) is 0 Å². The molecule has 0 heterocycles. The van der Waals surface area contributed by atoms with Gasteiger partial charge < -0.3 is 11.1 Å². The molecular formula is C16H13ClFN3O3. The SMILES string of the molecule is CC(=O)N(C(=O)C(=O)Nc1ccc(F)c(Cl)c1)c1cccc(N)c1. The summed E-state index contributed by atoms with van der Waals surface area (Å²) in [5.74, 6) is -3.49. The number of nitrogens with zero attached hydrogens (tertiary/aromatic N) is 1. The molecule has 0 unspecified atom stereocenters. The fourth-order valence-electron chi connectivity index (χ4n) is 1.97. The predicted octanol–water partition coefficient (Wildman–Crippen LogP) is 2.58. The van der Waals surface area contributed by atoms with Crippen LogP contribution in [0.4, 0.5) is 21.5 Å². The molecule has 0 spiro atoms. The molecule has 0 radical (unpaired) electrons. The average Bonchev–Trinajstić information content (AvgIpc) is 2.50. The maximum atomic E-state index is 13.1. The zero-order valence-electron chi connectivity index (χ0n) is 12.5. The first-order valence-corrected chi connectivity index (χ1v) is 7.14. The number of imide groups is 1. The maximum absolute atomic E-state index is 13.1. The van der Waals surface area contributed by atoms with Crippen molar-refractivity contribution >= 4 is 46.4 Å². The summed E-state index contributed by atoms with van der Waals surface area (Å²) in [4.78, 5) is 36.8. The Morgan fingerprint density at radius 1 is 1.17 bits per heavy atom. The molecule has 0 bridgehead atoms. The number of amides is 3. The van der Waals surface area contributed by atoms with E-state index < -0.39 is 23.5 Å². The largest absolute Gasteiger partial charge is 0.399 e. The molecule has 3 amide bonds. The average molecular weight is 350 g/mol. The Morgan fingerprint density at radius 3 is 2.46 bits per heavy atom. The summed E-state index contributed by atoms with van der Waals surface area (Å²) < 4.78 is 13.1. The van der Waals surface area contributed by atoms with Crippen LogP contribution in [0.3, 0.4) is 0 Å². The number of nitrogen functional groups attached to an aromatic ring is 1. The van der Waals surface area contributed by atoms with Gasteiger partial charge in [-0.05, 0) is 36.4 Å². The summed E-state index contributed by atoms with van der Waals surface area (Å²) in [5, 5.41) is 2.06. The van der Waals surface area contributed by atoms with Crippen LogP contribution >= 0.6 is 11.6 Å². The fourth-order valence-corrected chi connectivity index (χ4v) is 2.15. The number of carbonyl (C=O) groups excluding carboxylic acids is 3. The van der Waals surface area contributed by atoms with Crippen molar-refractivity contribution in [2.75, 3.05) is 16.0 Å². The minimum Gasteiger partial charge on any atom is -0.399 e. The van der Waals surface area contributed by atoms with Crippen LogP contribution in [0.5, 0.6) is 0 Å². The number of benzene rings is 2. The van der Waals surface area contributed by atoms with Gasteiger partial charge in [-0.1, -0.05) is 17.7 Å². The zero-order valence-corrected chi connectivity index (χ0v) is 13.3. The summed E-state index contributed by atoms with van der Waals surface area (Å²) in [6, 6.07) is 9.42. The molecule has 0 fully saturated rings. The van der Waals surface area contributed by atoms with Gasteiger partial charge in [-0.2, -0.15) is 0 Å². The Hall–Kier alpha value is -2.93. The third kappa shape index (κ3) is 3.88. The molecule has 8 heteroatoms. The number of hydrogen-bond donors (Lipinski definition) is 2. The first kappa shape index (κ1) is 17.4. The van der Waals surface area contributed by atoms with Crippen molar-refractivity contribution in [1.82, 2.24) is 0 Å². The summed E-state index contributed by atoms with van der Waals surface area (Å²) in [6.07, 6.45) is 0. The second-order valence-corrected chi connectivity index (χ2v) is 5.24. The lowest BCUT2D eigenvalue weighted by atomic mass is 10.2. The third-order valence-corrected chi connectivity index (χ3v) is 3.31. The van der Waals surface area contributed by atoms with Crippen molar-refractivity contribution in [3.63, 3.8) is 0 Å². The van der Waals surface area contributed by atoms with E-state index >= 15 is 0 Å². The molecule has 24 heavy (non-hydrogen) atoms. The highest BCUT2D eigenvalue weighted by Gasteiger charge is 2.27. The molecule has 3 N–H and O–H groups in total. The lowest BCUT2D eigenvalue weighted by molar-refractivity contribution is -0.136. The first-order valence-electron chi connectivity index (χ1n) is 6.76. The molecule has 0 aliphatic rings. The minimum atomic E-state index is -1.10. The van der Waals surface area contributed by atoms with Gasteiger partial charge in [0.1, 0.15) is 5.82 Å². The summed E-state index contributed by atoms with van der Waals surface area (Å²) in [6.45, 7) is 1.14. The lowest BCUT2D eigenvalue weighted by Crippen LogP contribution is -2.42. The summed E-state index contributed by atoms with van der Waals surface area (Å²) in [7, 11) is 0. The fraction of sp³-hybridized carbons (Fsp3) is 0.0625. The van der Waals surface area contributed by atoms with Gasteiger partial charge in [0.15, 0.2) is 0 Å². The van der Waals surface area contributed by atoms with Gasteiger partial charge in [0.25, 0.3) is 0 Å². The normalized spacial score (nSPS) is 10.1. The van der Waals surface area contributed by atoms with Crippen molar-refractivity contribution in [2.45, 2.75) is 6.92 Å². The topological polar surface area (TPSA) is 92.5 Å². The maximum Gasteiger partial charge on any atom is 0.323 e. The molecule has 0 aromatic heterocycles. The Kier molecular flexibility index (Phi) is 5.15. The van der Waals surface area contributed by atoms with Gasteiger partial charge >= 0.3 is 11.8 Å². The third-order valence-electron chi connectivity index (χ3n) is 3.02. The van der Waals surface area contributed by atoms with Gasteiger partial charge in [0, 0.05) is 18.3 Å². The summed E-state index contributed by atoms with van der Waals surface area (Å²) in [5.41, 5.74) is 6.25. The van der Waals surface area contributed by atoms with Crippen LogP contribution in [0.15, 0.2) is 42.5 Å².